The van der Waals surface area contributed by atoms with Crippen molar-refractivity contribution in [3.63, 3.8) is 0 Å². The monoisotopic (exact) mass is 210 g/mol. The molecule has 0 amide bonds. The molecule has 0 aromatic rings. The van der Waals surface area contributed by atoms with E-state index in [4.69, 9.17) is 0 Å². The van der Waals surface area contributed by atoms with Crippen molar-refractivity contribution in [1.29, 1.82) is 0 Å². The van der Waals surface area contributed by atoms with Gasteiger partial charge in [-0.05, 0) is 30.6 Å². The molecule has 0 radical (unpaired) electrons. The van der Waals surface area contributed by atoms with Crippen molar-refractivity contribution in [3.8, 4) is 0 Å². The Hall–Kier alpha value is 0. The van der Waals surface area contributed by atoms with E-state index in [1.165, 1.54) is 57.8 Å². The van der Waals surface area contributed by atoms with Crippen molar-refractivity contribution >= 4 is 0 Å². The lowest BCUT2D eigenvalue weighted by Gasteiger charge is -2.22. The van der Waals surface area contributed by atoms with Crippen LogP contribution in [0.1, 0.15) is 78.6 Å². The zero-order valence-corrected chi connectivity index (χ0v) is 11.1. The molecular formula is C15H30. The average Bonchev–Trinajstić information content (AvgIpc) is 2.58. The lowest BCUT2D eigenvalue weighted by atomic mass is 9.83. The van der Waals surface area contributed by atoms with Gasteiger partial charge in [0.15, 0.2) is 0 Å². The summed E-state index contributed by atoms with van der Waals surface area (Å²) in [7, 11) is 0. The van der Waals surface area contributed by atoms with Crippen molar-refractivity contribution in [3.05, 3.63) is 0 Å². The van der Waals surface area contributed by atoms with Crippen molar-refractivity contribution in [2.45, 2.75) is 78.6 Å². The van der Waals surface area contributed by atoms with E-state index < -0.39 is 0 Å². The van der Waals surface area contributed by atoms with Crippen molar-refractivity contribution in [1.82, 2.24) is 0 Å². The van der Waals surface area contributed by atoms with E-state index in [9.17, 15) is 0 Å². The molecule has 1 aliphatic rings. The van der Waals surface area contributed by atoms with Crippen LogP contribution in [-0.2, 0) is 0 Å². The molecule has 0 bridgehead atoms. The number of rotatable bonds is 7. The molecule has 15 heavy (non-hydrogen) atoms. The molecule has 1 aliphatic carbocycles. The second-order valence-corrected chi connectivity index (χ2v) is 5.62. The highest BCUT2D eigenvalue weighted by Gasteiger charge is 2.31. The largest absolute Gasteiger partial charge is 0.0654 e. The highest BCUT2D eigenvalue weighted by Crippen LogP contribution is 2.42. The summed E-state index contributed by atoms with van der Waals surface area (Å²) in [6, 6.07) is 0. The Balaban J connectivity index is 2.27. The van der Waals surface area contributed by atoms with Gasteiger partial charge >= 0.3 is 0 Å². The minimum absolute atomic E-state index is 1.02. The lowest BCUT2D eigenvalue weighted by molar-refractivity contribution is 0.279. The van der Waals surface area contributed by atoms with Crippen LogP contribution in [0, 0.1) is 17.8 Å². The first-order chi connectivity index (χ1) is 7.29. The van der Waals surface area contributed by atoms with Crippen LogP contribution in [0.4, 0.5) is 0 Å². The molecule has 0 heteroatoms. The molecule has 0 aromatic carbocycles. The zero-order chi connectivity index (χ0) is 11.1. The number of hydrogen-bond donors (Lipinski definition) is 0. The van der Waals surface area contributed by atoms with E-state index in [-0.39, 0.29) is 0 Å². The molecule has 0 spiro atoms. The maximum atomic E-state index is 2.49. The summed E-state index contributed by atoms with van der Waals surface area (Å²) in [5, 5.41) is 0. The van der Waals surface area contributed by atoms with Crippen LogP contribution in [0.3, 0.4) is 0 Å². The third-order valence-corrected chi connectivity index (χ3v) is 4.40. The Morgan fingerprint density at radius 2 is 1.60 bits per heavy atom. The molecule has 0 N–H and O–H groups in total. The van der Waals surface area contributed by atoms with Crippen LogP contribution in [-0.4, -0.2) is 0 Å². The minimum atomic E-state index is 1.02. The Morgan fingerprint density at radius 3 is 2.27 bits per heavy atom. The molecule has 0 saturated heterocycles. The average molecular weight is 210 g/mol. The Labute approximate surface area is 96.8 Å². The highest BCUT2D eigenvalue weighted by atomic mass is 14.4. The molecule has 0 heterocycles. The predicted molar refractivity (Wildman–Crippen MR) is 69.0 cm³/mol. The smallest absolute Gasteiger partial charge is 0.0360 e. The number of unbranched alkanes of at least 4 members (excludes halogenated alkanes) is 3. The molecule has 0 aromatic heterocycles. The summed E-state index contributed by atoms with van der Waals surface area (Å²) in [4.78, 5) is 0. The molecule has 3 atom stereocenters. The van der Waals surface area contributed by atoms with Gasteiger partial charge < -0.3 is 0 Å². The maximum absolute atomic E-state index is 2.49. The van der Waals surface area contributed by atoms with Crippen molar-refractivity contribution in [2.24, 2.45) is 17.8 Å². The Bertz CT molecular complexity index is 150. The quantitative estimate of drug-likeness (QED) is 0.492. The SMILES string of the molecule is CCCCCC1CCC(C)C1CCCC. The molecule has 3 unspecified atom stereocenters. The van der Waals surface area contributed by atoms with Gasteiger partial charge in [-0.1, -0.05) is 65.7 Å². The van der Waals surface area contributed by atoms with E-state index in [1.807, 2.05) is 0 Å². The normalized spacial score (nSPS) is 31.0. The van der Waals surface area contributed by atoms with Crippen molar-refractivity contribution < 1.29 is 0 Å². The Kier molecular flexibility index (Phi) is 6.36. The molecule has 0 aliphatic heterocycles. The van der Waals surface area contributed by atoms with E-state index in [1.54, 1.807) is 0 Å². The number of hydrogen-bond acceptors (Lipinski definition) is 0. The fourth-order valence-electron chi connectivity index (χ4n) is 3.34. The molecule has 1 fully saturated rings. The summed E-state index contributed by atoms with van der Waals surface area (Å²) in [6.45, 7) is 7.12. The summed E-state index contributed by atoms with van der Waals surface area (Å²) in [6.07, 6.45) is 13.2. The van der Waals surface area contributed by atoms with E-state index in [0.717, 1.165) is 17.8 Å². The lowest BCUT2D eigenvalue weighted by Crippen LogP contribution is -2.13. The first kappa shape index (κ1) is 13.1. The van der Waals surface area contributed by atoms with Gasteiger partial charge in [-0.3, -0.25) is 0 Å². The fourth-order valence-corrected chi connectivity index (χ4v) is 3.34. The zero-order valence-electron chi connectivity index (χ0n) is 11.1. The molecular weight excluding hydrogens is 180 g/mol. The van der Waals surface area contributed by atoms with Gasteiger partial charge in [-0.2, -0.15) is 0 Å². The summed E-state index contributed by atoms with van der Waals surface area (Å²) in [5.74, 6) is 3.17. The van der Waals surface area contributed by atoms with Crippen LogP contribution in [0.2, 0.25) is 0 Å². The van der Waals surface area contributed by atoms with Gasteiger partial charge in [-0.15, -0.1) is 0 Å². The second kappa shape index (κ2) is 7.30. The molecule has 0 nitrogen and oxygen atoms in total. The maximum Gasteiger partial charge on any atom is -0.0360 e. The van der Waals surface area contributed by atoms with Crippen LogP contribution < -0.4 is 0 Å². The van der Waals surface area contributed by atoms with E-state index >= 15 is 0 Å². The van der Waals surface area contributed by atoms with Gasteiger partial charge in [0.2, 0.25) is 0 Å². The second-order valence-electron chi connectivity index (χ2n) is 5.62. The summed E-state index contributed by atoms with van der Waals surface area (Å²) >= 11 is 0. The Morgan fingerprint density at radius 1 is 0.867 bits per heavy atom. The van der Waals surface area contributed by atoms with Gasteiger partial charge in [0.05, 0.1) is 0 Å². The topological polar surface area (TPSA) is 0 Å². The first-order valence-corrected chi connectivity index (χ1v) is 7.29. The van der Waals surface area contributed by atoms with Gasteiger partial charge in [0, 0.05) is 0 Å². The predicted octanol–water partition coefficient (Wildman–Crippen LogP) is 5.42. The highest BCUT2D eigenvalue weighted by molar-refractivity contribution is 4.82. The third-order valence-electron chi connectivity index (χ3n) is 4.40. The third kappa shape index (κ3) is 4.17. The van der Waals surface area contributed by atoms with E-state index in [0.29, 0.717) is 0 Å². The van der Waals surface area contributed by atoms with Crippen molar-refractivity contribution in [2.75, 3.05) is 0 Å². The molecule has 1 saturated carbocycles. The van der Waals surface area contributed by atoms with Crippen LogP contribution in [0.15, 0.2) is 0 Å². The first-order valence-electron chi connectivity index (χ1n) is 7.29. The van der Waals surface area contributed by atoms with Gasteiger partial charge in [0.1, 0.15) is 0 Å². The van der Waals surface area contributed by atoms with Crippen LogP contribution in [0.5, 0.6) is 0 Å². The fraction of sp³-hybridized carbons (Fsp3) is 1.00. The summed E-state index contributed by atoms with van der Waals surface area (Å²) in [5.41, 5.74) is 0. The standard InChI is InChI=1S/C15H30/c1-4-6-8-9-14-12-11-13(3)15(14)10-7-5-2/h13-15H,4-12H2,1-3H3. The molecule has 90 valence electrons. The van der Waals surface area contributed by atoms with E-state index in [2.05, 4.69) is 20.8 Å². The van der Waals surface area contributed by atoms with Gasteiger partial charge in [-0.25, -0.2) is 0 Å². The van der Waals surface area contributed by atoms with Gasteiger partial charge in [0.25, 0.3) is 0 Å². The summed E-state index contributed by atoms with van der Waals surface area (Å²) < 4.78 is 0. The minimum Gasteiger partial charge on any atom is -0.0654 e. The molecule has 1 rings (SSSR count). The van der Waals surface area contributed by atoms with Crippen LogP contribution >= 0.6 is 0 Å². The van der Waals surface area contributed by atoms with Crippen LogP contribution in [0.25, 0.3) is 0 Å².